The summed E-state index contributed by atoms with van der Waals surface area (Å²) in [5.41, 5.74) is 1.53. The first-order valence-corrected chi connectivity index (χ1v) is 5.38. The van der Waals surface area contributed by atoms with Crippen LogP contribution in [0.4, 0.5) is 0 Å². The van der Waals surface area contributed by atoms with Crippen molar-refractivity contribution in [2.75, 3.05) is 7.05 Å². The number of H-pyrrole nitrogens is 1. The lowest BCUT2D eigenvalue weighted by Gasteiger charge is -2.24. The highest BCUT2D eigenvalue weighted by atomic mass is 16.2. The van der Waals surface area contributed by atoms with Crippen LogP contribution in [0.3, 0.4) is 0 Å². The van der Waals surface area contributed by atoms with Crippen molar-refractivity contribution in [2.24, 2.45) is 5.92 Å². The Balaban J connectivity index is 2.10. The van der Waals surface area contributed by atoms with Crippen LogP contribution in [0.1, 0.15) is 35.8 Å². The molecule has 0 radical (unpaired) electrons. The van der Waals surface area contributed by atoms with Crippen LogP contribution in [0.25, 0.3) is 0 Å². The highest BCUT2D eigenvalue weighted by Crippen LogP contribution is 2.35. The summed E-state index contributed by atoms with van der Waals surface area (Å²) in [6.07, 6.45) is 4.11. The fourth-order valence-corrected chi connectivity index (χ4v) is 1.84. The van der Waals surface area contributed by atoms with Gasteiger partial charge in [-0.1, -0.05) is 0 Å². The molecule has 1 atom stereocenters. The molecule has 1 N–H and O–H groups in total. The van der Waals surface area contributed by atoms with Crippen LogP contribution in [-0.2, 0) is 0 Å². The Morgan fingerprint density at radius 2 is 2.33 bits per heavy atom. The van der Waals surface area contributed by atoms with Gasteiger partial charge in [-0.05, 0) is 32.6 Å². The topological polar surface area (TPSA) is 49.0 Å². The van der Waals surface area contributed by atoms with Crippen LogP contribution < -0.4 is 0 Å². The van der Waals surface area contributed by atoms with Crippen molar-refractivity contribution in [1.82, 2.24) is 15.1 Å². The van der Waals surface area contributed by atoms with E-state index in [2.05, 4.69) is 17.1 Å². The van der Waals surface area contributed by atoms with Gasteiger partial charge in [0.15, 0.2) is 0 Å². The molecule has 4 heteroatoms. The number of carbonyl (C=O) groups is 1. The average Bonchev–Trinajstić information content (AvgIpc) is 2.98. The van der Waals surface area contributed by atoms with Crippen molar-refractivity contribution >= 4 is 5.91 Å². The van der Waals surface area contributed by atoms with Crippen molar-refractivity contribution in [1.29, 1.82) is 0 Å². The fraction of sp³-hybridized carbons (Fsp3) is 0.636. The molecule has 0 saturated heterocycles. The van der Waals surface area contributed by atoms with Gasteiger partial charge in [0.25, 0.3) is 5.91 Å². The van der Waals surface area contributed by atoms with Gasteiger partial charge in [0.1, 0.15) is 0 Å². The van der Waals surface area contributed by atoms with E-state index >= 15 is 0 Å². The van der Waals surface area contributed by atoms with Gasteiger partial charge in [0, 0.05) is 18.8 Å². The molecule has 1 aromatic rings. The van der Waals surface area contributed by atoms with E-state index in [0.717, 1.165) is 5.69 Å². The molecule has 82 valence electrons. The summed E-state index contributed by atoms with van der Waals surface area (Å²) in [6.45, 7) is 3.99. The van der Waals surface area contributed by atoms with Gasteiger partial charge in [-0.2, -0.15) is 5.10 Å². The monoisotopic (exact) mass is 207 g/mol. The first kappa shape index (κ1) is 10.2. The largest absolute Gasteiger partial charge is 0.339 e. The Kier molecular flexibility index (Phi) is 2.50. The number of amides is 1. The lowest BCUT2D eigenvalue weighted by Crippen LogP contribution is -2.36. The molecule has 1 unspecified atom stereocenters. The Hall–Kier alpha value is -1.32. The number of nitrogens with zero attached hydrogens (tertiary/aromatic N) is 2. The molecule has 1 heterocycles. The third-order valence-corrected chi connectivity index (χ3v) is 3.30. The third-order valence-electron chi connectivity index (χ3n) is 3.30. The zero-order valence-corrected chi connectivity index (χ0v) is 9.45. The van der Waals surface area contributed by atoms with E-state index in [4.69, 9.17) is 0 Å². The summed E-state index contributed by atoms with van der Waals surface area (Å²) in [6, 6.07) is 0.340. The summed E-state index contributed by atoms with van der Waals surface area (Å²) in [5, 5.41) is 6.66. The van der Waals surface area contributed by atoms with E-state index in [1.54, 1.807) is 6.20 Å². The van der Waals surface area contributed by atoms with E-state index in [9.17, 15) is 4.79 Å². The molecule has 1 aromatic heterocycles. The number of aromatic amines is 1. The Bertz CT molecular complexity index is 368. The quantitative estimate of drug-likeness (QED) is 0.818. The molecule has 0 aliphatic heterocycles. The molecule has 4 nitrogen and oxygen atoms in total. The Morgan fingerprint density at radius 1 is 1.67 bits per heavy atom. The van der Waals surface area contributed by atoms with Gasteiger partial charge in [-0.15, -0.1) is 0 Å². The molecule has 1 amide bonds. The van der Waals surface area contributed by atoms with Crippen molar-refractivity contribution in [3.05, 3.63) is 17.5 Å². The number of aryl methyl sites for hydroxylation is 1. The molecular weight excluding hydrogens is 190 g/mol. The number of nitrogens with one attached hydrogen (secondary N) is 1. The van der Waals surface area contributed by atoms with Crippen LogP contribution in [-0.4, -0.2) is 34.1 Å². The molecule has 1 fully saturated rings. The van der Waals surface area contributed by atoms with Crippen LogP contribution in [0, 0.1) is 12.8 Å². The third kappa shape index (κ3) is 1.89. The number of aromatic nitrogens is 2. The molecule has 15 heavy (non-hydrogen) atoms. The highest BCUT2D eigenvalue weighted by Gasteiger charge is 2.33. The summed E-state index contributed by atoms with van der Waals surface area (Å²) >= 11 is 0. The van der Waals surface area contributed by atoms with Crippen LogP contribution >= 0.6 is 0 Å². The van der Waals surface area contributed by atoms with E-state index < -0.39 is 0 Å². The maximum Gasteiger partial charge on any atom is 0.257 e. The van der Waals surface area contributed by atoms with Crippen LogP contribution in [0.15, 0.2) is 6.20 Å². The van der Waals surface area contributed by atoms with Gasteiger partial charge in [0.05, 0.1) is 11.8 Å². The average molecular weight is 207 g/mol. The maximum absolute atomic E-state index is 12.1. The standard InChI is InChI=1S/C11H17N3O/c1-7-10(6-12-13-7)11(15)14(3)8(2)9-4-5-9/h6,8-9H,4-5H2,1-3H3,(H,12,13). The molecule has 0 aromatic carbocycles. The predicted octanol–water partition coefficient (Wildman–Crippen LogP) is 1.59. The number of carbonyl (C=O) groups excluding carboxylic acids is 1. The molecule has 0 bridgehead atoms. The van der Waals surface area contributed by atoms with E-state index in [0.29, 0.717) is 17.5 Å². The number of rotatable bonds is 3. The van der Waals surface area contributed by atoms with Gasteiger partial charge in [0.2, 0.25) is 0 Å². The molecule has 2 rings (SSSR count). The molecular formula is C11H17N3O. The molecule has 1 saturated carbocycles. The normalized spacial score (nSPS) is 17.5. The minimum Gasteiger partial charge on any atom is -0.339 e. The second-order valence-corrected chi connectivity index (χ2v) is 4.40. The lowest BCUT2D eigenvalue weighted by molar-refractivity contribution is 0.0726. The zero-order valence-electron chi connectivity index (χ0n) is 9.45. The maximum atomic E-state index is 12.1. The fourth-order valence-electron chi connectivity index (χ4n) is 1.84. The van der Waals surface area contributed by atoms with Gasteiger partial charge < -0.3 is 4.90 Å². The first-order chi connectivity index (χ1) is 7.11. The Morgan fingerprint density at radius 3 is 2.80 bits per heavy atom. The SMILES string of the molecule is Cc1[nH]ncc1C(=O)N(C)C(C)C1CC1. The van der Waals surface area contributed by atoms with E-state index in [1.807, 2.05) is 18.9 Å². The van der Waals surface area contributed by atoms with E-state index in [1.165, 1.54) is 12.8 Å². The first-order valence-electron chi connectivity index (χ1n) is 5.38. The number of hydrogen-bond acceptors (Lipinski definition) is 2. The Labute approximate surface area is 89.7 Å². The second-order valence-electron chi connectivity index (χ2n) is 4.40. The van der Waals surface area contributed by atoms with E-state index in [-0.39, 0.29) is 5.91 Å². The lowest BCUT2D eigenvalue weighted by atomic mass is 10.1. The van der Waals surface area contributed by atoms with Gasteiger partial charge in [-0.3, -0.25) is 9.89 Å². The van der Waals surface area contributed by atoms with Gasteiger partial charge >= 0.3 is 0 Å². The van der Waals surface area contributed by atoms with Crippen molar-refractivity contribution < 1.29 is 4.79 Å². The minimum atomic E-state index is 0.0700. The highest BCUT2D eigenvalue weighted by molar-refractivity contribution is 5.95. The van der Waals surface area contributed by atoms with Crippen LogP contribution in [0.5, 0.6) is 0 Å². The summed E-state index contributed by atoms with van der Waals surface area (Å²) in [5.74, 6) is 0.770. The zero-order chi connectivity index (χ0) is 11.0. The second kappa shape index (κ2) is 3.68. The van der Waals surface area contributed by atoms with Gasteiger partial charge in [-0.25, -0.2) is 0 Å². The minimum absolute atomic E-state index is 0.0700. The van der Waals surface area contributed by atoms with Crippen molar-refractivity contribution in [3.8, 4) is 0 Å². The summed E-state index contributed by atoms with van der Waals surface area (Å²) < 4.78 is 0. The summed E-state index contributed by atoms with van der Waals surface area (Å²) in [7, 11) is 1.87. The van der Waals surface area contributed by atoms with Crippen molar-refractivity contribution in [2.45, 2.75) is 32.7 Å². The molecule has 0 spiro atoms. The molecule has 1 aliphatic rings. The van der Waals surface area contributed by atoms with Crippen molar-refractivity contribution in [3.63, 3.8) is 0 Å². The smallest absolute Gasteiger partial charge is 0.257 e. The summed E-state index contributed by atoms with van der Waals surface area (Å²) in [4.78, 5) is 13.9. The molecule has 1 aliphatic carbocycles. The van der Waals surface area contributed by atoms with Crippen LogP contribution in [0.2, 0.25) is 0 Å². The number of hydrogen-bond donors (Lipinski definition) is 1. The predicted molar refractivity (Wildman–Crippen MR) is 57.6 cm³/mol.